The number of nitrogens with zero attached hydrogens (tertiary/aromatic N) is 1. The predicted octanol–water partition coefficient (Wildman–Crippen LogP) is 4.89. The molecule has 1 aromatic heterocycles. The van der Waals surface area contributed by atoms with E-state index >= 15 is 0 Å². The Morgan fingerprint density at radius 2 is 1.80 bits per heavy atom. The lowest BCUT2D eigenvalue weighted by Crippen LogP contribution is -2.14. The molecule has 4 aromatic rings. The quantitative estimate of drug-likeness (QED) is 0.235. The number of imidazole rings is 1. The van der Waals surface area contributed by atoms with E-state index in [2.05, 4.69) is 9.97 Å². The minimum absolute atomic E-state index is 0. The molecule has 4 rings (SSSR count). The number of hydrogen-bond donors (Lipinski definition) is 3. The number of benzene rings is 3. The van der Waals surface area contributed by atoms with Crippen LogP contribution >= 0.6 is 12.4 Å². The Balaban J connectivity index is 0.00000256. The zero-order valence-corrected chi connectivity index (χ0v) is 16.7. The summed E-state index contributed by atoms with van der Waals surface area (Å²) in [6.07, 6.45) is 3.55. The number of rotatable bonds is 6. The molecular formula is C23H20ClN3O3. The monoisotopic (exact) mass is 421 g/mol. The van der Waals surface area contributed by atoms with Crippen LogP contribution in [0.4, 0.5) is 0 Å². The molecule has 1 amide bonds. The highest BCUT2D eigenvalue weighted by Crippen LogP contribution is 2.25. The summed E-state index contributed by atoms with van der Waals surface area (Å²) in [5, 5.41) is 8.50. The summed E-state index contributed by atoms with van der Waals surface area (Å²) in [5.74, 6) is 1.84. The molecule has 0 fully saturated rings. The van der Waals surface area contributed by atoms with Gasteiger partial charge in [0.05, 0.1) is 11.0 Å². The van der Waals surface area contributed by atoms with Gasteiger partial charge in [-0.25, -0.2) is 10.5 Å². The van der Waals surface area contributed by atoms with E-state index in [9.17, 15) is 4.79 Å². The van der Waals surface area contributed by atoms with E-state index in [0.717, 1.165) is 39.5 Å². The number of halogens is 1. The first-order valence-electron chi connectivity index (χ1n) is 9.12. The minimum atomic E-state index is -0.563. The van der Waals surface area contributed by atoms with E-state index in [1.807, 2.05) is 72.8 Å². The zero-order valence-electron chi connectivity index (χ0n) is 15.9. The van der Waals surface area contributed by atoms with Gasteiger partial charge in [-0.2, -0.15) is 0 Å². The van der Waals surface area contributed by atoms with Crippen LogP contribution < -0.4 is 10.2 Å². The first-order valence-corrected chi connectivity index (χ1v) is 9.12. The highest BCUT2D eigenvalue weighted by atomic mass is 35.5. The van der Waals surface area contributed by atoms with Crippen LogP contribution in [-0.4, -0.2) is 21.1 Å². The number of nitrogens with one attached hydrogen (secondary N) is 2. The Morgan fingerprint density at radius 3 is 2.53 bits per heavy atom. The second-order valence-corrected chi connectivity index (χ2v) is 6.51. The topological polar surface area (TPSA) is 87.2 Å². The molecule has 7 heteroatoms. The van der Waals surface area contributed by atoms with Crippen LogP contribution in [0.1, 0.15) is 17.0 Å². The van der Waals surface area contributed by atoms with E-state index < -0.39 is 5.91 Å². The highest BCUT2D eigenvalue weighted by molar-refractivity contribution is 5.90. The van der Waals surface area contributed by atoms with E-state index in [4.69, 9.17) is 9.94 Å². The number of carbonyl (C=O) groups excluding carboxylic acids is 1. The van der Waals surface area contributed by atoms with Crippen LogP contribution in [0.5, 0.6) is 11.5 Å². The van der Waals surface area contributed by atoms with Gasteiger partial charge in [-0.1, -0.05) is 42.5 Å². The molecule has 0 saturated carbocycles. The van der Waals surface area contributed by atoms with Gasteiger partial charge in [-0.05, 0) is 41.5 Å². The smallest absolute Gasteiger partial charge is 0.267 e. The van der Waals surface area contributed by atoms with Crippen LogP contribution in [0.3, 0.4) is 0 Å². The van der Waals surface area contributed by atoms with Gasteiger partial charge >= 0.3 is 0 Å². The highest BCUT2D eigenvalue weighted by Gasteiger charge is 2.06. The molecule has 0 radical (unpaired) electrons. The molecule has 152 valence electrons. The van der Waals surface area contributed by atoms with Crippen molar-refractivity contribution in [3.05, 3.63) is 95.8 Å². The molecule has 0 spiro atoms. The Labute approximate surface area is 179 Å². The van der Waals surface area contributed by atoms with Crippen molar-refractivity contribution in [1.29, 1.82) is 0 Å². The Kier molecular flexibility index (Phi) is 6.85. The number of H-pyrrole nitrogens is 1. The van der Waals surface area contributed by atoms with E-state index in [0.29, 0.717) is 6.42 Å². The SMILES string of the molecule is Cl.O=C(/C=C/c1ccc(Cc2nc3ccc(Oc4ccccc4)cc3[nH]2)cc1)NO. The Morgan fingerprint density at radius 1 is 1.03 bits per heavy atom. The summed E-state index contributed by atoms with van der Waals surface area (Å²) >= 11 is 0. The fourth-order valence-electron chi connectivity index (χ4n) is 2.96. The van der Waals surface area contributed by atoms with Crippen molar-refractivity contribution < 1.29 is 14.7 Å². The lowest BCUT2D eigenvalue weighted by atomic mass is 10.1. The number of para-hydroxylation sites is 1. The fraction of sp³-hybridized carbons (Fsp3) is 0.0435. The van der Waals surface area contributed by atoms with Crippen molar-refractivity contribution in [2.45, 2.75) is 6.42 Å². The van der Waals surface area contributed by atoms with Crippen molar-refractivity contribution >= 4 is 35.4 Å². The van der Waals surface area contributed by atoms with Gasteiger partial charge in [0.15, 0.2) is 0 Å². The largest absolute Gasteiger partial charge is 0.457 e. The second kappa shape index (κ2) is 9.73. The molecule has 0 atom stereocenters. The number of aromatic nitrogens is 2. The number of amides is 1. The van der Waals surface area contributed by atoms with Gasteiger partial charge in [-0.15, -0.1) is 12.4 Å². The van der Waals surface area contributed by atoms with Crippen molar-refractivity contribution in [2.75, 3.05) is 0 Å². The number of ether oxygens (including phenoxy) is 1. The van der Waals surface area contributed by atoms with Crippen molar-refractivity contribution in [2.24, 2.45) is 0 Å². The average molecular weight is 422 g/mol. The lowest BCUT2D eigenvalue weighted by Gasteiger charge is -2.04. The lowest BCUT2D eigenvalue weighted by molar-refractivity contribution is -0.124. The summed E-state index contributed by atoms with van der Waals surface area (Å²) in [5.41, 5.74) is 5.32. The van der Waals surface area contributed by atoms with Gasteiger partial charge in [0, 0.05) is 18.6 Å². The average Bonchev–Trinajstić information content (AvgIpc) is 3.15. The molecule has 30 heavy (non-hydrogen) atoms. The van der Waals surface area contributed by atoms with Crippen LogP contribution in [0.25, 0.3) is 17.1 Å². The summed E-state index contributed by atoms with van der Waals surface area (Å²) in [4.78, 5) is 19.0. The predicted molar refractivity (Wildman–Crippen MR) is 118 cm³/mol. The van der Waals surface area contributed by atoms with Gasteiger partial charge in [0.2, 0.25) is 0 Å². The van der Waals surface area contributed by atoms with Crippen molar-refractivity contribution in [3.63, 3.8) is 0 Å². The summed E-state index contributed by atoms with van der Waals surface area (Å²) in [6, 6.07) is 23.2. The van der Waals surface area contributed by atoms with E-state index in [1.54, 1.807) is 11.6 Å². The Hall–Kier alpha value is -3.61. The normalized spacial score (nSPS) is 10.7. The van der Waals surface area contributed by atoms with Crippen LogP contribution in [0.15, 0.2) is 78.9 Å². The molecule has 0 bridgehead atoms. The van der Waals surface area contributed by atoms with Gasteiger partial charge in [0.1, 0.15) is 17.3 Å². The van der Waals surface area contributed by atoms with Crippen molar-refractivity contribution in [3.8, 4) is 11.5 Å². The number of hydrogen-bond acceptors (Lipinski definition) is 4. The van der Waals surface area contributed by atoms with Crippen LogP contribution in [0, 0.1) is 0 Å². The zero-order chi connectivity index (χ0) is 20.1. The number of fused-ring (bicyclic) bond motifs is 1. The third kappa shape index (κ3) is 5.26. The van der Waals surface area contributed by atoms with E-state index in [-0.39, 0.29) is 12.4 Å². The standard InChI is InChI=1S/C23H19N3O3.ClH/c27-23(26-28)13-10-16-6-8-17(9-7-16)14-22-24-20-12-11-19(15-21(20)25-22)29-18-4-2-1-3-5-18;/h1-13,15,28H,14H2,(H,24,25)(H,26,27);1H/b13-10+;. The maximum Gasteiger partial charge on any atom is 0.267 e. The molecule has 0 aliphatic carbocycles. The van der Waals surface area contributed by atoms with Gasteiger partial charge in [-0.3, -0.25) is 10.0 Å². The van der Waals surface area contributed by atoms with Gasteiger partial charge in [0.25, 0.3) is 5.91 Å². The number of carbonyl (C=O) groups is 1. The summed E-state index contributed by atoms with van der Waals surface area (Å²) < 4.78 is 5.88. The molecule has 0 aliphatic heterocycles. The maximum atomic E-state index is 11.0. The minimum Gasteiger partial charge on any atom is -0.457 e. The van der Waals surface area contributed by atoms with E-state index in [1.165, 1.54) is 6.08 Å². The van der Waals surface area contributed by atoms with Crippen LogP contribution in [-0.2, 0) is 11.2 Å². The number of aromatic amines is 1. The molecule has 0 saturated heterocycles. The maximum absolute atomic E-state index is 11.0. The third-order valence-corrected chi connectivity index (χ3v) is 4.37. The summed E-state index contributed by atoms with van der Waals surface area (Å²) in [7, 11) is 0. The first kappa shape index (κ1) is 21.1. The van der Waals surface area contributed by atoms with Crippen molar-refractivity contribution in [1.82, 2.24) is 15.4 Å². The summed E-state index contributed by atoms with van der Waals surface area (Å²) in [6.45, 7) is 0. The first-order chi connectivity index (χ1) is 14.2. The van der Waals surface area contributed by atoms with Gasteiger partial charge < -0.3 is 9.72 Å². The molecule has 3 aromatic carbocycles. The fourth-order valence-corrected chi connectivity index (χ4v) is 2.96. The molecule has 1 heterocycles. The second-order valence-electron chi connectivity index (χ2n) is 6.51. The molecule has 6 nitrogen and oxygen atoms in total. The molecule has 0 aliphatic rings. The third-order valence-electron chi connectivity index (χ3n) is 4.37. The van der Waals surface area contributed by atoms with Crippen LogP contribution in [0.2, 0.25) is 0 Å². The Bertz CT molecular complexity index is 1160. The molecule has 3 N–H and O–H groups in total. The molecular weight excluding hydrogens is 402 g/mol. The number of hydroxylamine groups is 1. The molecule has 0 unspecified atom stereocenters.